The van der Waals surface area contributed by atoms with Gasteiger partial charge in [-0.1, -0.05) is 6.07 Å². The van der Waals surface area contributed by atoms with Crippen LogP contribution in [0.25, 0.3) is 0 Å². The summed E-state index contributed by atoms with van der Waals surface area (Å²) < 4.78 is 0. The first-order valence-electron chi connectivity index (χ1n) is 3.48. The predicted octanol–water partition coefficient (Wildman–Crippen LogP) is 1.99. The average Bonchev–Trinajstić information content (AvgIpc) is 2.07. The Labute approximate surface area is 71.4 Å². The summed E-state index contributed by atoms with van der Waals surface area (Å²) in [6.45, 7) is 0. The first-order valence-corrected chi connectivity index (χ1v) is 4.88. The molecule has 60 valence electrons. The fourth-order valence-corrected chi connectivity index (χ4v) is 1.33. The van der Waals surface area contributed by atoms with Crippen LogP contribution in [0.3, 0.4) is 0 Å². The number of nitrogens with one attached hydrogen (secondary N) is 1. The molecule has 3 heteroatoms. The Morgan fingerprint density at radius 2 is 2.36 bits per heavy atom. The van der Waals surface area contributed by atoms with Crippen LogP contribution in [-0.2, 0) is 5.75 Å². The number of hydrogen-bond donors (Lipinski definition) is 1. The lowest BCUT2D eigenvalue weighted by atomic mass is 10.3. The van der Waals surface area contributed by atoms with Crippen molar-refractivity contribution in [2.45, 2.75) is 5.75 Å². The van der Waals surface area contributed by atoms with Crippen LogP contribution in [0.1, 0.15) is 5.56 Å². The van der Waals surface area contributed by atoms with Crippen LogP contribution in [0.4, 0.5) is 5.82 Å². The topological polar surface area (TPSA) is 24.9 Å². The number of thioether (sulfide) groups is 1. The van der Waals surface area contributed by atoms with E-state index in [0.717, 1.165) is 11.6 Å². The number of anilines is 1. The van der Waals surface area contributed by atoms with Gasteiger partial charge in [0.25, 0.3) is 0 Å². The predicted molar refractivity (Wildman–Crippen MR) is 51.0 cm³/mol. The average molecular weight is 168 g/mol. The van der Waals surface area contributed by atoms with Gasteiger partial charge in [-0.3, -0.25) is 0 Å². The molecule has 0 saturated carbocycles. The lowest BCUT2D eigenvalue weighted by Crippen LogP contribution is -1.91. The second kappa shape index (κ2) is 4.23. The van der Waals surface area contributed by atoms with Crippen molar-refractivity contribution in [3.05, 3.63) is 23.9 Å². The summed E-state index contributed by atoms with van der Waals surface area (Å²) in [6.07, 6.45) is 3.99. The molecule has 0 amide bonds. The quantitative estimate of drug-likeness (QED) is 0.747. The molecular weight excluding hydrogens is 156 g/mol. The van der Waals surface area contributed by atoms with Crippen molar-refractivity contribution in [3.8, 4) is 0 Å². The Hall–Kier alpha value is -0.700. The molecule has 2 nitrogen and oxygen atoms in total. The number of aromatic nitrogens is 1. The van der Waals surface area contributed by atoms with Gasteiger partial charge in [0.05, 0.1) is 0 Å². The fraction of sp³-hybridized carbons (Fsp3) is 0.375. The van der Waals surface area contributed by atoms with Crippen LogP contribution in [0.2, 0.25) is 0 Å². The van der Waals surface area contributed by atoms with E-state index in [1.54, 1.807) is 0 Å². The standard InChI is InChI=1S/C8H12N2S/c1-9-8-4-3-7(5-10-8)6-11-2/h3-5H,6H2,1-2H3,(H,9,10). The van der Waals surface area contributed by atoms with Crippen LogP contribution in [0, 0.1) is 0 Å². The summed E-state index contributed by atoms with van der Waals surface area (Å²) in [7, 11) is 1.87. The molecule has 1 N–H and O–H groups in total. The first kappa shape index (κ1) is 8.40. The molecule has 1 aromatic heterocycles. The summed E-state index contributed by atoms with van der Waals surface area (Å²) in [5, 5.41) is 2.98. The lowest BCUT2D eigenvalue weighted by molar-refractivity contribution is 1.23. The summed E-state index contributed by atoms with van der Waals surface area (Å²) in [5.41, 5.74) is 1.27. The minimum atomic E-state index is 0.926. The maximum Gasteiger partial charge on any atom is 0.125 e. The zero-order valence-corrected chi connectivity index (χ0v) is 7.61. The van der Waals surface area contributed by atoms with Gasteiger partial charge in [-0.15, -0.1) is 0 Å². The number of rotatable bonds is 3. The Kier molecular flexibility index (Phi) is 3.23. The maximum absolute atomic E-state index is 4.19. The molecule has 1 aromatic rings. The third-order valence-corrected chi connectivity index (χ3v) is 2.01. The van der Waals surface area contributed by atoms with E-state index in [1.165, 1.54) is 5.56 Å². The molecule has 0 saturated heterocycles. The van der Waals surface area contributed by atoms with Crippen molar-refractivity contribution in [2.24, 2.45) is 0 Å². The van der Waals surface area contributed by atoms with E-state index >= 15 is 0 Å². The molecule has 1 rings (SSSR count). The van der Waals surface area contributed by atoms with Crippen molar-refractivity contribution in [1.82, 2.24) is 4.98 Å². The van der Waals surface area contributed by atoms with Crippen LogP contribution >= 0.6 is 11.8 Å². The van der Waals surface area contributed by atoms with Gasteiger partial charge in [-0.05, 0) is 17.9 Å². The molecule has 0 spiro atoms. The van der Waals surface area contributed by atoms with E-state index in [1.807, 2.05) is 31.1 Å². The van der Waals surface area contributed by atoms with Gasteiger partial charge < -0.3 is 5.32 Å². The summed E-state index contributed by atoms with van der Waals surface area (Å²) in [5.74, 6) is 1.96. The second-order valence-electron chi connectivity index (χ2n) is 2.23. The van der Waals surface area contributed by atoms with Gasteiger partial charge in [0.15, 0.2) is 0 Å². The lowest BCUT2D eigenvalue weighted by Gasteiger charge is -1.99. The third kappa shape index (κ3) is 2.42. The summed E-state index contributed by atoms with van der Waals surface area (Å²) >= 11 is 1.81. The van der Waals surface area contributed by atoms with Crippen molar-refractivity contribution < 1.29 is 0 Å². The molecule has 0 bridgehead atoms. The second-order valence-corrected chi connectivity index (χ2v) is 3.10. The Morgan fingerprint density at radius 1 is 1.55 bits per heavy atom. The molecule has 0 aromatic carbocycles. The smallest absolute Gasteiger partial charge is 0.125 e. The number of hydrogen-bond acceptors (Lipinski definition) is 3. The maximum atomic E-state index is 4.19. The highest BCUT2D eigenvalue weighted by Crippen LogP contribution is 2.09. The Bertz CT molecular complexity index is 208. The van der Waals surface area contributed by atoms with Crippen LogP contribution in [-0.4, -0.2) is 18.3 Å². The van der Waals surface area contributed by atoms with Crippen molar-refractivity contribution >= 4 is 17.6 Å². The fourth-order valence-electron chi connectivity index (χ4n) is 0.824. The largest absolute Gasteiger partial charge is 0.373 e. The molecule has 0 unspecified atom stereocenters. The van der Waals surface area contributed by atoms with E-state index in [-0.39, 0.29) is 0 Å². The SMILES string of the molecule is CNc1ccc(CSC)cn1. The highest BCUT2D eigenvalue weighted by Gasteiger charge is 1.91. The highest BCUT2D eigenvalue weighted by atomic mass is 32.2. The molecule has 0 atom stereocenters. The van der Waals surface area contributed by atoms with E-state index in [2.05, 4.69) is 22.6 Å². The van der Waals surface area contributed by atoms with Crippen molar-refractivity contribution in [2.75, 3.05) is 18.6 Å². The highest BCUT2D eigenvalue weighted by molar-refractivity contribution is 7.97. The Morgan fingerprint density at radius 3 is 2.82 bits per heavy atom. The molecule has 0 aliphatic carbocycles. The van der Waals surface area contributed by atoms with Gasteiger partial charge in [-0.2, -0.15) is 11.8 Å². The molecule has 11 heavy (non-hydrogen) atoms. The molecular formula is C8H12N2S. The van der Waals surface area contributed by atoms with E-state index in [4.69, 9.17) is 0 Å². The van der Waals surface area contributed by atoms with Gasteiger partial charge in [0.1, 0.15) is 5.82 Å². The first-order chi connectivity index (χ1) is 5.36. The van der Waals surface area contributed by atoms with Crippen LogP contribution in [0.15, 0.2) is 18.3 Å². The van der Waals surface area contributed by atoms with Crippen LogP contribution in [0.5, 0.6) is 0 Å². The zero-order valence-electron chi connectivity index (χ0n) is 6.79. The molecule has 0 radical (unpaired) electrons. The minimum Gasteiger partial charge on any atom is -0.373 e. The third-order valence-electron chi connectivity index (χ3n) is 1.39. The van der Waals surface area contributed by atoms with E-state index in [0.29, 0.717) is 0 Å². The zero-order chi connectivity index (χ0) is 8.10. The van der Waals surface area contributed by atoms with Crippen molar-refractivity contribution in [1.29, 1.82) is 0 Å². The van der Waals surface area contributed by atoms with Gasteiger partial charge in [-0.25, -0.2) is 4.98 Å². The van der Waals surface area contributed by atoms with Crippen molar-refractivity contribution in [3.63, 3.8) is 0 Å². The number of nitrogens with zero attached hydrogens (tertiary/aromatic N) is 1. The van der Waals surface area contributed by atoms with E-state index in [9.17, 15) is 0 Å². The summed E-state index contributed by atoms with van der Waals surface area (Å²) in [4.78, 5) is 4.19. The van der Waals surface area contributed by atoms with E-state index < -0.39 is 0 Å². The van der Waals surface area contributed by atoms with Gasteiger partial charge >= 0.3 is 0 Å². The molecule has 0 aliphatic rings. The molecule has 1 heterocycles. The minimum absolute atomic E-state index is 0.926. The molecule has 0 aliphatic heterocycles. The normalized spacial score (nSPS) is 9.64. The number of pyridine rings is 1. The monoisotopic (exact) mass is 168 g/mol. The molecule has 0 fully saturated rings. The Balaban J connectivity index is 2.66. The van der Waals surface area contributed by atoms with Gasteiger partial charge in [0.2, 0.25) is 0 Å². The van der Waals surface area contributed by atoms with Crippen LogP contribution < -0.4 is 5.32 Å². The van der Waals surface area contributed by atoms with Gasteiger partial charge in [0, 0.05) is 19.0 Å². The summed E-state index contributed by atoms with van der Waals surface area (Å²) in [6, 6.07) is 4.08.